The first-order chi connectivity index (χ1) is 14.9. The summed E-state index contributed by atoms with van der Waals surface area (Å²) in [6.45, 7) is 6.64. The summed E-state index contributed by atoms with van der Waals surface area (Å²) in [5, 5.41) is 3.03. The third-order valence-corrected chi connectivity index (χ3v) is 7.74. The molecule has 0 radical (unpaired) electrons. The van der Waals surface area contributed by atoms with Gasteiger partial charge in [0, 0.05) is 17.3 Å². The smallest absolute Gasteiger partial charge is 0.250 e. The molecule has 6 heteroatoms. The highest BCUT2D eigenvalue weighted by atomic mass is 16.2. The lowest BCUT2D eigenvalue weighted by molar-refractivity contribution is -0.135. The van der Waals surface area contributed by atoms with E-state index in [0.29, 0.717) is 5.69 Å². The van der Waals surface area contributed by atoms with Crippen LogP contribution in [0.5, 0.6) is 0 Å². The third-order valence-electron chi connectivity index (χ3n) is 7.74. The van der Waals surface area contributed by atoms with E-state index in [0.717, 1.165) is 47.3 Å². The van der Waals surface area contributed by atoms with Crippen LogP contribution >= 0.6 is 0 Å². The number of carbonyl (C=O) groups excluding carboxylic acids is 3. The summed E-state index contributed by atoms with van der Waals surface area (Å²) in [4.78, 5) is 44.9. The number of fused-ring (bicyclic) bond motifs is 7. The van der Waals surface area contributed by atoms with Crippen LogP contribution in [-0.2, 0) is 19.9 Å². The van der Waals surface area contributed by atoms with Crippen LogP contribution in [0.25, 0.3) is 0 Å². The van der Waals surface area contributed by atoms with E-state index in [4.69, 9.17) is 0 Å². The minimum atomic E-state index is -1.10. The zero-order valence-electron chi connectivity index (χ0n) is 17.9. The van der Waals surface area contributed by atoms with Crippen molar-refractivity contribution in [2.45, 2.75) is 45.2 Å². The summed E-state index contributed by atoms with van der Waals surface area (Å²) in [5.74, 6) is -1.77. The van der Waals surface area contributed by atoms with E-state index in [1.807, 2.05) is 57.2 Å². The molecule has 0 saturated carbocycles. The average molecular weight is 415 g/mol. The minimum Gasteiger partial charge on any atom is -0.324 e. The normalized spacial score (nSPS) is 31.4. The van der Waals surface area contributed by atoms with Crippen LogP contribution in [-0.4, -0.2) is 35.2 Å². The maximum atomic E-state index is 14.0. The highest BCUT2D eigenvalue weighted by Crippen LogP contribution is 2.60. The Kier molecular flexibility index (Phi) is 3.65. The number of anilines is 2. The molecular weight excluding hydrogens is 390 g/mol. The number of carbonyl (C=O) groups is 3. The average Bonchev–Trinajstić information content (AvgIpc) is 3.42. The van der Waals surface area contributed by atoms with Crippen LogP contribution in [0.4, 0.5) is 11.4 Å². The zero-order valence-corrected chi connectivity index (χ0v) is 17.9. The molecule has 31 heavy (non-hydrogen) atoms. The summed E-state index contributed by atoms with van der Waals surface area (Å²) >= 11 is 0. The van der Waals surface area contributed by atoms with E-state index in [9.17, 15) is 14.4 Å². The SMILES string of the molecule is Cc1ccc(N2C(=O)[C@H]3[C@H]4CCCN4[C@@]4(C(=O)Nc5ccc(C)cc54)[C@@H]3C2=O)c(C)c1. The molecule has 0 bridgehead atoms. The molecule has 1 spiro atoms. The van der Waals surface area contributed by atoms with Crippen LogP contribution in [0.1, 0.15) is 35.1 Å². The number of rotatable bonds is 1. The molecular formula is C25H25N3O3. The van der Waals surface area contributed by atoms with Crippen LogP contribution in [0, 0.1) is 32.6 Å². The Hall–Kier alpha value is -2.99. The van der Waals surface area contributed by atoms with Gasteiger partial charge in [-0.05, 0) is 57.9 Å². The van der Waals surface area contributed by atoms with E-state index in [1.165, 1.54) is 4.90 Å². The van der Waals surface area contributed by atoms with Gasteiger partial charge >= 0.3 is 0 Å². The van der Waals surface area contributed by atoms with Gasteiger partial charge in [0.25, 0.3) is 0 Å². The fourth-order valence-electron chi connectivity index (χ4n) is 6.61. The lowest BCUT2D eigenvalue weighted by Crippen LogP contribution is -2.54. The molecule has 6 rings (SSSR count). The van der Waals surface area contributed by atoms with Crippen molar-refractivity contribution in [3.63, 3.8) is 0 Å². The predicted molar refractivity (Wildman–Crippen MR) is 117 cm³/mol. The van der Waals surface area contributed by atoms with Crippen molar-refractivity contribution in [3.05, 3.63) is 58.7 Å². The molecule has 4 aliphatic rings. The minimum absolute atomic E-state index is 0.0885. The molecule has 2 aromatic rings. The van der Waals surface area contributed by atoms with Crippen molar-refractivity contribution in [1.82, 2.24) is 4.90 Å². The van der Waals surface area contributed by atoms with E-state index in [2.05, 4.69) is 10.2 Å². The molecule has 2 aromatic carbocycles. The van der Waals surface area contributed by atoms with Crippen molar-refractivity contribution in [2.24, 2.45) is 11.8 Å². The Labute approximate surface area is 181 Å². The van der Waals surface area contributed by atoms with Crippen LogP contribution in [0.15, 0.2) is 36.4 Å². The Morgan fingerprint density at radius 3 is 2.48 bits per heavy atom. The van der Waals surface area contributed by atoms with Crippen molar-refractivity contribution in [3.8, 4) is 0 Å². The summed E-state index contributed by atoms with van der Waals surface area (Å²) in [6, 6.07) is 11.6. The number of amides is 3. The number of benzene rings is 2. The molecule has 158 valence electrons. The number of hydrogen-bond acceptors (Lipinski definition) is 4. The molecule has 3 fully saturated rings. The zero-order chi connectivity index (χ0) is 21.7. The fraction of sp³-hybridized carbons (Fsp3) is 0.400. The molecule has 4 aliphatic heterocycles. The van der Waals surface area contributed by atoms with Gasteiger partial charge in [-0.3, -0.25) is 19.3 Å². The van der Waals surface area contributed by atoms with Crippen molar-refractivity contribution >= 4 is 29.1 Å². The molecule has 0 aromatic heterocycles. The maximum absolute atomic E-state index is 14.0. The number of nitrogens with one attached hydrogen (secondary N) is 1. The summed E-state index contributed by atoms with van der Waals surface area (Å²) in [6.07, 6.45) is 1.76. The molecule has 0 unspecified atom stereocenters. The largest absolute Gasteiger partial charge is 0.324 e. The molecule has 0 aliphatic carbocycles. The van der Waals surface area contributed by atoms with Gasteiger partial charge in [0.05, 0.1) is 17.5 Å². The summed E-state index contributed by atoms with van der Waals surface area (Å²) in [5.41, 5.74) is 4.15. The molecule has 4 atom stereocenters. The van der Waals surface area contributed by atoms with Crippen LogP contribution < -0.4 is 10.2 Å². The number of aryl methyl sites for hydroxylation is 3. The quantitative estimate of drug-likeness (QED) is 0.727. The van der Waals surface area contributed by atoms with Gasteiger partial charge in [0.1, 0.15) is 5.54 Å². The van der Waals surface area contributed by atoms with Gasteiger partial charge in [0.15, 0.2) is 0 Å². The molecule has 6 nitrogen and oxygen atoms in total. The molecule has 3 saturated heterocycles. The first-order valence-corrected chi connectivity index (χ1v) is 11.0. The van der Waals surface area contributed by atoms with Crippen LogP contribution in [0.3, 0.4) is 0 Å². The first kappa shape index (κ1) is 18.8. The second kappa shape index (κ2) is 6.04. The van der Waals surface area contributed by atoms with Crippen LogP contribution in [0.2, 0.25) is 0 Å². The van der Waals surface area contributed by atoms with E-state index >= 15 is 0 Å². The second-order valence-corrected chi connectivity index (χ2v) is 9.48. The highest BCUT2D eigenvalue weighted by molar-refractivity contribution is 6.26. The molecule has 1 N–H and O–H groups in total. The second-order valence-electron chi connectivity index (χ2n) is 9.48. The first-order valence-electron chi connectivity index (χ1n) is 11.0. The molecule has 4 heterocycles. The number of hydrogen-bond donors (Lipinski definition) is 1. The standard InChI is InChI=1S/C25H25N3O3/c1-13-7-9-18(15(3)11-13)28-22(29)20-19-5-4-10-27(19)25(21(20)23(28)30)16-12-14(2)6-8-17(16)26-24(25)31/h6-9,11-12,19-21H,4-5,10H2,1-3H3,(H,26,31)/t19-,20+,21+,25-/m1/s1. The lowest BCUT2D eigenvalue weighted by atomic mass is 9.75. The van der Waals surface area contributed by atoms with E-state index in [1.54, 1.807) is 0 Å². The van der Waals surface area contributed by atoms with E-state index < -0.39 is 17.4 Å². The van der Waals surface area contributed by atoms with Gasteiger partial charge < -0.3 is 5.32 Å². The van der Waals surface area contributed by atoms with Gasteiger partial charge in [0.2, 0.25) is 17.7 Å². The Bertz CT molecular complexity index is 1190. The molecule has 3 amide bonds. The number of imide groups is 1. The van der Waals surface area contributed by atoms with Gasteiger partial charge in [-0.1, -0.05) is 35.4 Å². The summed E-state index contributed by atoms with van der Waals surface area (Å²) < 4.78 is 0. The van der Waals surface area contributed by atoms with Crippen molar-refractivity contribution in [2.75, 3.05) is 16.8 Å². The van der Waals surface area contributed by atoms with Gasteiger partial charge in [-0.15, -0.1) is 0 Å². The fourth-order valence-corrected chi connectivity index (χ4v) is 6.61. The monoisotopic (exact) mass is 415 g/mol. The van der Waals surface area contributed by atoms with Gasteiger partial charge in [-0.2, -0.15) is 0 Å². The Balaban J connectivity index is 1.57. The topological polar surface area (TPSA) is 69.7 Å². The lowest BCUT2D eigenvalue weighted by Gasteiger charge is -2.37. The van der Waals surface area contributed by atoms with E-state index in [-0.39, 0.29) is 23.8 Å². The van der Waals surface area contributed by atoms with Crippen molar-refractivity contribution in [1.29, 1.82) is 0 Å². The van der Waals surface area contributed by atoms with Crippen molar-refractivity contribution < 1.29 is 14.4 Å². The predicted octanol–water partition coefficient (Wildman–Crippen LogP) is 3.04. The number of nitrogens with zero attached hydrogens (tertiary/aromatic N) is 2. The summed E-state index contributed by atoms with van der Waals surface area (Å²) in [7, 11) is 0. The van der Waals surface area contributed by atoms with Gasteiger partial charge in [-0.25, -0.2) is 4.90 Å². The Morgan fingerprint density at radius 1 is 0.968 bits per heavy atom. The highest BCUT2D eigenvalue weighted by Gasteiger charge is 2.74. The maximum Gasteiger partial charge on any atom is 0.250 e. The Morgan fingerprint density at radius 2 is 1.71 bits per heavy atom. The third kappa shape index (κ3) is 2.13.